The van der Waals surface area contributed by atoms with Gasteiger partial charge in [0.05, 0.1) is 0 Å². The first-order valence-corrected chi connectivity index (χ1v) is 10.3. The van der Waals surface area contributed by atoms with Gasteiger partial charge in [-0.05, 0) is 54.3 Å². The third-order valence-corrected chi connectivity index (χ3v) is 5.03. The van der Waals surface area contributed by atoms with E-state index in [0.717, 1.165) is 11.1 Å². The van der Waals surface area contributed by atoms with Gasteiger partial charge in [-0.2, -0.15) is 0 Å². The van der Waals surface area contributed by atoms with Crippen molar-refractivity contribution < 1.29 is 9.53 Å². The molecule has 0 saturated heterocycles. The molecule has 1 heterocycles. The number of para-hydroxylation sites is 1. The van der Waals surface area contributed by atoms with Crippen molar-refractivity contribution in [2.75, 3.05) is 5.32 Å². The van der Waals surface area contributed by atoms with E-state index in [0.29, 0.717) is 33.2 Å². The van der Waals surface area contributed by atoms with Crippen molar-refractivity contribution >= 4 is 34.4 Å². The predicted octanol–water partition coefficient (Wildman–Crippen LogP) is 6.29. The topological polar surface area (TPSA) is 69.0 Å². The largest absolute Gasteiger partial charge is 0.417 e. The van der Waals surface area contributed by atoms with Crippen LogP contribution in [0.25, 0.3) is 16.7 Å². The number of hydrogen-bond acceptors (Lipinski definition) is 4. The van der Waals surface area contributed by atoms with Gasteiger partial charge in [0.1, 0.15) is 16.7 Å². The number of carbonyl (C=O) groups excluding carboxylic acids is 1. The van der Waals surface area contributed by atoms with Crippen LogP contribution in [0.5, 0.6) is 5.75 Å². The summed E-state index contributed by atoms with van der Waals surface area (Å²) in [5.41, 5.74) is 4.20. The first kappa shape index (κ1) is 20.9. The van der Waals surface area contributed by atoms with Gasteiger partial charge in [0, 0.05) is 16.3 Å². The Kier molecular flexibility index (Phi) is 5.41. The quantitative estimate of drug-likeness (QED) is 0.411. The minimum atomic E-state index is -0.582. The highest BCUT2D eigenvalue weighted by Gasteiger charge is 2.26. The first-order valence-electron chi connectivity index (χ1n) is 9.93. The molecule has 7 heteroatoms. The van der Waals surface area contributed by atoms with Crippen molar-refractivity contribution in [2.24, 2.45) is 0 Å². The molecule has 0 bridgehead atoms. The lowest BCUT2D eigenvalue weighted by atomic mass is 9.85. The number of benzene rings is 3. The average Bonchev–Trinajstić information content (AvgIpc) is 3.12. The standard InChI is InChI=1S/C24H23ClN4O2/c1-15-12-18(24(2,3)4)22(31-23(30)26-17-8-6-5-7-9-17)21(13-15)29-27-19-11-10-16(25)14-20(19)28-29/h5-14H,1-4H3,(H,26,30). The van der Waals surface area contributed by atoms with E-state index >= 15 is 0 Å². The zero-order valence-corrected chi connectivity index (χ0v) is 18.6. The second-order valence-corrected chi connectivity index (χ2v) is 8.85. The number of nitrogens with zero attached hydrogens (tertiary/aromatic N) is 3. The Hall–Kier alpha value is -3.38. The lowest BCUT2D eigenvalue weighted by molar-refractivity contribution is 0.214. The van der Waals surface area contributed by atoms with Crippen LogP contribution < -0.4 is 10.1 Å². The maximum Gasteiger partial charge on any atom is 0.417 e. The summed E-state index contributed by atoms with van der Waals surface area (Å²) in [5, 5.41) is 12.5. The van der Waals surface area contributed by atoms with Gasteiger partial charge < -0.3 is 4.74 Å². The Labute approximate surface area is 185 Å². The number of anilines is 1. The van der Waals surface area contributed by atoms with Crippen LogP contribution in [-0.4, -0.2) is 21.1 Å². The number of aryl methyl sites for hydroxylation is 1. The van der Waals surface area contributed by atoms with Gasteiger partial charge in [0.2, 0.25) is 0 Å². The Morgan fingerprint density at radius 2 is 1.71 bits per heavy atom. The van der Waals surface area contributed by atoms with E-state index in [4.69, 9.17) is 16.3 Å². The second-order valence-electron chi connectivity index (χ2n) is 8.41. The van der Waals surface area contributed by atoms with E-state index in [1.54, 1.807) is 24.3 Å². The highest BCUT2D eigenvalue weighted by molar-refractivity contribution is 6.31. The fraction of sp³-hybridized carbons (Fsp3) is 0.208. The van der Waals surface area contributed by atoms with Gasteiger partial charge >= 0.3 is 6.09 Å². The Morgan fingerprint density at radius 1 is 1.00 bits per heavy atom. The maximum atomic E-state index is 12.7. The van der Waals surface area contributed by atoms with Crippen LogP contribution in [0, 0.1) is 6.92 Å². The molecule has 0 spiro atoms. The molecule has 1 aromatic heterocycles. The number of carbonyl (C=O) groups is 1. The van der Waals surface area contributed by atoms with Crippen molar-refractivity contribution in [3.8, 4) is 11.4 Å². The third kappa shape index (κ3) is 4.54. The molecule has 1 amide bonds. The summed E-state index contributed by atoms with van der Waals surface area (Å²) in [7, 11) is 0. The summed E-state index contributed by atoms with van der Waals surface area (Å²) < 4.78 is 5.86. The van der Waals surface area contributed by atoms with E-state index in [2.05, 4.69) is 36.3 Å². The maximum absolute atomic E-state index is 12.7. The molecule has 3 aromatic carbocycles. The van der Waals surface area contributed by atoms with Gasteiger partial charge in [-0.25, -0.2) is 4.79 Å². The number of amides is 1. The molecule has 0 radical (unpaired) electrons. The summed E-state index contributed by atoms with van der Waals surface area (Å²) in [4.78, 5) is 14.2. The molecule has 0 aliphatic heterocycles. The van der Waals surface area contributed by atoms with Crippen LogP contribution in [0.4, 0.5) is 10.5 Å². The summed E-state index contributed by atoms with van der Waals surface area (Å²) >= 11 is 6.11. The molecule has 31 heavy (non-hydrogen) atoms. The molecule has 0 unspecified atom stereocenters. The van der Waals surface area contributed by atoms with Crippen molar-refractivity contribution in [1.29, 1.82) is 0 Å². The number of rotatable bonds is 3. The Bertz CT molecular complexity index is 1260. The zero-order valence-electron chi connectivity index (χ0n) is 17.8. The molecule has 158 valence electrons. The molecule has 6 nitrogen and oxygen atoms in total. The summed E-state index contributed by atoms with van der Waals surface area (Å²) in [5.74, 6) is 0.415. The second kappa shape index (κ2) is 8.04. The van der Waals surface area contributed by atoms with E-state index in [9.17, 15) is 4.79 Å². The number of hydrogen-bond donors (Lipinski definition) is 1. The van der Waals surface area contributed by atoms with Gasteiger partial charge in [0.15, 0.2) is 5.75 Å². The summed E-state index contributed by atoms with van der Waals surface area (Å²) in [6.07, 6.45) is -0.582. The predicted molar refractivity (Wildman–Crippen MR) is 123 cm³/mol. The smallest absolute Gasteiger partial charge is 0.407 e. The molecule has 1 N–H and O–H groups in total. The van der Waals surface area contributed by atoms with Gasteiger partial charge in [0.25, 0.3) is 0 Å². The lowest BCUT2D eigenvalue weighted by Gasteiger charge is -2.24. The third-order valence-electron chi connectivity index (χ3n) is 4.79. The van der Waals surface area contributed by atoms with Crippen molar-refractivity contribution in [3.63, 3.8) is 0 Å². The molecular weight excluding hydrogens is 412 g/mol. The molecule has 0 atom stereocenters. The zero-order chi connectivity index (χ0) is 22.2. The minimum absolute atomic E-state index is 0.279. The number of aromatic nitrogens is 3. The number of nitrogens with one attached hydrogen (secondary N) is 1. The average molecular weight is 435 g/mol. The van der Waals surface area contributed by atoms with Crippen LogP contribution in [0.2, 0.25) is 5.02 Å². The molecule has 4 aromatic rings. The van der Waals surface area contributed by atoms with E-state index < -0.39 is 6.09 Å². The van der Waals surface area contributed by atoms with Crippen LogP contribution in [0.15, 0.2) is 60.7 Å². The first-order chi connectivity index (χ1) is 14.7. The van der Waals surface area contributed by atoms with Gasteiger partial charge in [-0.15, -0.1) is 15.0 Å². The summed E-state index contributed by atoms with van der Waals surface area (Å²) in [6.45, 7) is 8.20. The molecule has 0 fully saturated rings. The van der Waals surface area contributed by atoms with Crippen LogP contribution >= 0.6 is 11.6 Å². The lowest BCUT2D eigenvalue weighted by Crippen LogP contribution is -2.22. The van der Waals surface area contributed by atoms with Gasteiger partial charge in [-0.1, -0.05) is 56.6 Å². The minimum Gasteiger partial charge on any atom is -0.407 e. The number of ether oxygens (including phenoxy) is 1. The number of halogens is 1. The molecule has 0 saturated carbocycles. The summed E-state index contributed by atoms with van der Waals surface area (Å²) in [6, 6.07) is 18.4. The highest BCUT2D eigenvalue weighted by atomic mass is 35.5. The Morgan fingerprint density at radius 3 is 2.42 bits per heavy atom. The molecule has 0 aliphatic rings. The highest BCUT2D eigenvalue weighted by Crippen LogP contribution is 2.37. The number of fused-ring (bicyclic) bond motifs is 1. The van der Waals surface area contributed by atoms with Crippen molar-refractivity contribution in [1.82, 2.24) is 15.0 Å². The molecule has 4 rings (SSSR count). The van der Waals surface area contributed by atoms with E-state index in [-0.39, 0.29) is 5.41 Å². The fourth-order valence-corrected chi connectivity index (χ4v) is 3.49. The van der Waals surface area contributed by atoms with Gasteiger partial charge in [-0.3, -0.25) is 5.32 Å². The fourth-order valence-electron chi connectivity index (χ4n) is 3.32. The normalized spacial score (nSPS) is 11.5. The van der Waals surface area contributed by atoms with E-state index in [1.165, 1.54) is 4.80 Å². The SMILES string of the molecule is Cc1cc(-n2nc3ccc(Cl)cc3n2)c(OC(=O)Nc2ccccc2)c(C(C)(C)C)c1. The monoisotopic (exact) mass is 434 g/mol. The van der Waals surface area contributed by atoms with Crippen molar-refractivity contribution in [2.45, 2.75) is 33.1 Å². The van der Waals surface area contributed by atoms with Crippen LogP contribution in [0.1, 0.15) is 31.9 Å². The Balaban J connectivity index is 1.82. The van der Waals surface area contributed by atoms with Crippen LogP contribution in [-0.2, 0) is 5.41 Å². The van der Waals surface area contributed by atoms with Crippen LogP contribution in [0.3, 0.4) is 0 Å². The molecular formula is C24H23ClN4O2. The molecule has 0 aliphatic carbocycles. The van der Waals surface area contributed by atoms with Crippen molar-refractivity contribution in [3.05, 3.63) is 76.8 Å². The van der Waals surface area contributed by atoms with E-state index in [1.807, 2.05) is 43.3 Å².